The highest BCUT2D eigenvalue weighted by Crippen LogP contribution is 2.32. The van der Waals surface area contributed by atoms with Gasteiger partial charge in [0.05, 0.1) is 53.0 Å². The lowest BCUT2D eigenvalue weighted by atomic mass is 9.89. The van der Waals surface area contributed by atoms with Crippen LogP contribution in [0.5, 0.6) is 0 Å². The number of nitrogens with zero attached hydrogens (tertiary/aromatic N) is 5. The van der Waals surface area contributed by atoms with Gasteiger partial charge in [-0.05, 0) is 61.2 Å². The Bertz CT molecular complexity index is 2560. The van der Waals surface area contributed by atoms with Gasteiger partial charge in [-0.15, -0.1) is 0 Å². The molecule has 1 aliphatic carbocycles. The van der Waals surface area contributed by atoms with E-state index in [2.05, 4.69) is 15.3 Å². The number of carbonyl (C=O) groups is 3. The van der Waals surface area contributed by atoms with Crippen molar-refractivity contribution in [3.05, 3.63) is 104 Å². The van der Waals surface area contributed by atoms with Crippen LogP contribution < -0.4 is 21.5 Å². The van der Waals surface area contributed by atoms with Crippen LogP contribution in [0.2, 0.25) is 0 Å². The first kappa shape index (κ1) is 42.0. The van der Waals surface area contributed by atoms with E-state index >= 15 is 4.39 Å². The van der Waals surface area contributed by atoms with Gasteiger partial charge in [0.2, 0.25) is 6.29 Å². The van der Waals surface area contributed by atoms with Crippen molar-refractivity contribution in [1.82, 2.24) is 24.4 Å². The summed E-state index contributed by atoms with van der Waals surface area (Å²) in [6, 6.07) is 7.42. The summed E-state index contributed by atoms with van der Waals surface area (Å²) < 4.78 is 63.7. The van der Waals surface area contributed by atoms with Crippen LogP contribution >= 0.6 is 0 Å². The molecule has 14 nitrogen and oxygen atoms in total. The molecule has 17 heteroatoms. The Morgan fingerprint density at radius 1 is 1.03 bits per heavy atom. The van der Waals surface area contributed by atoms with Crippen LogP contribution in [0.1, 0.15) is 67.4 Å². The van der Waals surface area contributed by atoms with E-state index in [1.165, 1.54) is 67.2 Å². The van der Waals surface area contributed by atoms with Crippen LogP contribution in [0, 0.1) is 18.7 Å². The fourth-order valence-corrected chi connectivity index (χ4v) is 8.11. The molecule has 5 aromatic rings. The molecule has 2 fully saturated rings. The molecule has 2 aromatic carbocycles. The number of nitrogens with one attached hydrogen (secondary N) is 1. The van der Waals surface area contributed by atoms with Gasteiger partial charge in [0.15, 0.2) is 0 Å². The number of amides is 1. The van der Waals surface area contributed by atoms with Crippen molar-refractivity contribution >= 4 is 45.3 Å². The lowest BCUT2D eigenvalue weighted by molar-refractivity contribution is -0.189. The van der Waals surface area contributed by atoms with E-state index < -0.39 is 64.8 Å². The van der Waals surface area contributed by atoms with Gasteiger partial charge < -0.3 is 24.4 Å². The number of aryl methyl sites for hydroxylation is 2. The molecule has 3 aromatic heterocycles. The zero-order valence-electron chi connectivity index (χ0n) is 33.6. The number of halogens is 3. The number of anilines is 1. The summed E-state index contributed by atoms with van der Waals surface area (Å²) >= 11 is 0. The molecular weight excluding hydrogens is 786 g/mol. The Labute approximate surface area is 342 Å². The lowest BCUT2D eigenvalue weighted by Crippen LogP contribution is -2.54. The quantitative estimate of drug-likeness (QED) is 0.136. The molecule has 7 rings (SSSR count). The number of pyridine rings is 2. The first-order chi connectivity index (χ1) is 28.6. The number of aromatic nitrogens is 4. The maximum Gasteiger partial charge on any atom is 0.335 e. The number of fused-ring (bicyclic) bond motifs is 2. The minimum Gasteiger partial charge on any atom is -0.425 e. The summed E-state index contributed by atoms with van der Waals surface area (Å²) in [5.74, 6) is -7.02. The standard InChI is InChI=1S/C43H45F3N6O8/c1-24-19-28(51-17-18-58-23-35(51)43(3,45)46)21-31(44)36(24)38(53)49-32(41(56)60-25(2)59-40(55)26-9-6-5-7-10-26)20-27-12-13-33(37-29(27)11-8-15-48-37)52-39(54)30-14-16-47-22-34(30)50(4)42(52)57/h8,11-16,19,21-22,25-26,32,35H,5-7,9-10,17-18,20,23H2,1-4H3,(H,49,53)/t25?,32-,35+/m0/s1. The van der Waals surface area contributed by atoms with E-state index in [1.54, 1.807) is 18.2 Å². The highest BCUT2D eigenvalue weighted by atomic mass is 19.3. The predicted octanol–water partition coefficient (Wildman–Crippen LogP) is 5.29. The third-order valence-electron chi connectivity index (χ3n) is 11.2. The van der Waals surface area contributed by atoms with Crippen molar-refractivity contribution in [2.75, 3.05) is 24.7 Å². The van der Waals surface area contributed by atoms with Gasteiger partial charge in [-0.25, -0.2) is 27.3 Å². The van der Waals surface area contributed by atoms with E-state index in [0.717, 1.165) is 36.8 Å². The number of esters is 2. The molecule has 1 aliphatic heterocycles. The summed E-state index contributed by atoms with van der Waals surface area (Å²) in [5, 5.41) is 3.25. The number of rotatable bonds is 11. The zero-order chi connectivity index (χ0) is 42.9. The smallest absolute Gasteiger partial charge is 0.335 e. The normalized spacial score (nSPS) is 17.3. The van der Waals surface area contributed by atoms with E-state index in [-0.39, 0.29) is 59.9 Å². The van der Waals surface area contributed by atoms with Crippen LogP contribution in [-0.2, 0) is 37.3 Å². The molecule has 4 heterocycles. The van der Waals surface area contributed by atoms with Gasteiger partial charge in [0, 0.05) is 57.3 Å². The second-order valence-electron chi connectivity index (χ2n) is 15.4. The zero-order valence-corrected chi connectivity index (χ0v) is 33.6. The largest absolute Gasteiger partial charge is 0.425 e. The van der Waals surface area contributed by atoms with Crippen LogP contribution in [0.3, 0.4) is 0 Å². The topological polar surface area (TPSA) is 164 Å². The van der Waals surface area contributed by atoms with E-state index in [9.17, 15) is 32.8 Å². The molecule has 0 bridgehead atoms. The van der Waals surface area contributed by atoms with Crippen LogP contribution in [0.4, 0.5) is 18.9 Å². The molecule has 316 valence electrons. The second kappa shape index (κ2) is 17.2. The van der Waals surface area contributed by atoms with E-state index in [1.807, 2.05) is 0 Å². The number of ether oxygens (including phenoxy) is 3. The minimum absolute atomic E-state index is 0.0685. The third kappa shape index (κ3) is 8.48. The monoisotopic (exact) mass is 830 g/mol. The number of alkyl halides is 2. The van der Waals surface area contributed by atoms with Crippen LogP contribution in [0.15, 0.2) is 70.6 Å². The van der Waals surface area contributed by atoms with Gasteiger partial charge >= 0.3 is 17.6 Å². The molecule has 1 amide bonds. The van der Waals surface area contributed by atoms with Gasteiger partial charge in [-0.1, -0.05) is 31.4 Å². The van der Waals surface area contributed by atoms with Crippen molar-refractivity contribution in [2.24, 2.45) is 13.0 Å². The number of hydrogen-bond acceptors (Lipinski definition) is 11. The van der Waals surface area contributed by atoms with Crippen molar-refractivity contribution in [3.63, 3.8) is 0 Å². The van der Waals surface area contributed by atoms with Gasteiger partial charge in [0.25, 0.3) is 17.4 Å². The minimum atomic E-state index is -3.17. The Kier molecular flexibility index (Phi) is 12.1. The average molecular weight is 831 g/mol. The molecule has 1 saturated carbocycles. The molecule has 3 atom stereocenters. The van der Waals surface area contributed by atoms with Crippen LogP contribution in [-0.4, -0.2) is 81.0 Å². The first-order valence-electron chi connectivity index (χ1n) is 19.8. The second-order valence-corrected chi connectivity index (χ2v) is 15.4. The number of hydrogen-bond donors (Lipinski definition) is 1. The SMILES string of the molecule is Cc1cc(N2CCOC[C@@H]2C(C)(F)F)cc(F)c1C(=O)N[C@@H](Cc1ccc(-n2c(=O)c3ccncc3n(C)c2=O)c2ncccc12)C(=O)OC(C)OC(=O)C1CCCCC1. The van der Waals surface area contributed by atoms with Crippen molar-refractivity contribution in [2.45, 2.75) is 83.6 Å². The first-order valence-corrected chi connectivity index (χ1v) is 19.8. The molecule has 60 heavy (non-hydrogen) atoms. The fraction of sp³-hybridized carbons (Fsp3) is 0.419. The number of benzene rings is 2. The molecule has 1 N–H and O–H groups in total. The molecule has 1 saturated heterocycles. The molecule has 2 aliphatic rings. The summed E-state index contributed by atoms with van der Waals surface area (Å²) in [4.78, 5) is 78.1. The molecule has 0 spiro atoms. The average Bonchev–Trinajstić information content (AvgIpc) is 3.23. The van der Waals surface area contributed by atoms with Gasteiger partial charge in [0.1, 0.15) is 17.9 Å². The predicted molar refractivity (Wildman–Crippen MR) is 215 cm³/mol. The molecular formula is C43H45F3N6O8. The maximum atomic E-state index is 16.0. The van der Waals surface area contributed by atoms with Gasteiger partial charge in [-0.2, -0.15) is 0 Å². The highest BCUT2D eigenvalue weighted by Gasteiger charge is 2.41. The van der Waals surface area contributed by atoms with E-state index in [0.29, 0.717) is 29.3 Å². The summed E-state index contributed by atoms with van der Waals surface area (Å²) in [6.45, 7) is 3.53. The Hall–Kier alpha value is -6.10. The molecule has 1 unspecified atom stereocenters. The Balaban J connectivity index is 1.23. The number of carbonyl (C=O) groups excluding carboxylic acids is 3. The Morgan fingerprint density at radius 3 is 2.53 bits per heavy atom. The Morgan fingerprint density at radius 2 is 1.80 bits per heavy atom. The van der Waals surface area contributed by atoms with Crippen molar-refractivity contribution in [3.8, 4) is 5.69 Å². The summed E-state index contributed by atoms with van der Waals surface area (Å²) in [6.07, 6.45) is 6.81. The van der Waals surface area contributed by atoms with Crippen LogP contribution in [0.25, 0.3) is 27.5 Å². The van der Waals surface area contributed by atoms with E-state index in [4.69, 9.17) is 14.2 Å². The number of morpholine rings is 1. The highest BCUT2D eigenvalue weighted by molar-refractivity contribution is 5.99. The summed E-state index contributed by atoms with van der Waals surface area (Å²) in [5.41, 5.74) is -0.273. The maximum absolute atomic E-state index is 16.0. The van der Waals surface area contributed by atoms with Crippen molar-refractivity contribution in [1.29, 1.82) is 0 Å². The fourth-order valence-electron chi connectivity index (χ4n) is 8.11. The molecule has 0 radical (unpaired) electrons. The van der Waals surface area contributed by atoms with Crippen molar-refractivity contribution < 1.29 is 41.8 Å². The third-order valence-corrected chi connectivity index (χ3v) is 11.2. The van der Waals surface area contributed by atoms with Gasteiger partial charge in [-0.3, -0.25) is 28.9 Å². The summed E-state index contributed by atoms with van der Waals surface area (Å²) in [7, 11) is 1.51. The lowest BCUT2D eigenvalue weighted by Gasteiger charge is -2.40.